The van der Waals surface area contributed by atoms with Crippen LogP contribution in [-0.2, 0) is 0 Å². The van der Waals surface area contributed by atoms with Crippen LogP contribution < -0.4 is 16.0 Å². The lowest BCUT2D eigenvalue weighted by Crippen LogP contribution is -2.19. The maximum Gasteiger partial charge on any atom is 0.175 e. The van der Waals surface area contributed by atoms with Crippen LogP contribution in [0, 0.1) is 0 Å². The van der Waals surface area contributed by atoms with E-state index in [0.717, 1.165) is 32.4 Å². The maximum absolute atomic E-state index is 6.02. The summed E-state index contributed by atoms with van der Waals surface area (Å²) in [5, 5.41) is 11.6. The molecule has 4 aromatic rings. The lowest BCUT2D eigenvalue weighted by atomic mass is 10.2. The summed E-state index contributed by atoms with van der Waals surface area (Å²) in [4.78, 5) is 8.75. The van der Waals surface area contributed by atoms with Crippen molar-refractivity contribution in [2.75, 3.05) is 16.0 Å². The van der Waals surface area contributed by atoms with Gasteiger partial charge in [-0.25, -0.2) is 9.97 Å². The zero-order valence-corrected chi connectivity index (χ0v) is 18.1. The third kappa shape index (κ3) is 5.00. The van der Waals surface area contributed by atoms with E-state index >= 15 is 0 Å². The third-order valence-corrected chi connectivity index (χ3v) is 5.00. The second-order valence-corrected chi connectivity index (χ2v) is 7.94. The molecule has 0 radical (unpaired) electrons. The fraction of sp³-hybridized carbons (Fsp3) is 0. The van der Waals surface area contributed by atoms with E-state index < -0.39 is 0 Å². The summed E-state index contributed by atoms with van der Waals surface area (Å²) in [7, 11) is 0. The summed E-state index contributed by atoms with van der Waals surface area (Å²) < 4.78 is 0.987. The van der Waals surface area contributed by atoms with Gasteiger partial charge in [-0.3, -0.25) is 0 Å². The maximum atomic E-state index is 6.02. The number of rotatable bonds is 4. The van der Waals surface area contributed by atoms with Crippen LogP contribution in [0.25, 0.3) is 10.9 Å². The Bertz CT molecular complexity index is 1200. The highest BCUT2D eigenvalue weighted by atomic mass is 79.9. The Morgan fingerprint density at radius 1 is 0.862 bits per heavy atom. The number of nitrogens with zero attached hydrogens (tertiary/aromatic N) is 2. The van der Waals surface area contributed by atoms with Gasteiger partial charge in [0.15, 0.2) is 5.11 Å². The average molecular weight is 485 g/mol. The van der Waals surface area contributed by atoms with Crippen molar-refractivity contribution in [3.05, 3.63) is 82.6 Å². The number of thiocarbonyl (C=S) groups is 1. The molecule has 0 saturated carbocycles. The smallest absolute Gasteiger partial charge is 0.175 e. The second kappa shape index (κ2) is 8.73. The van der Waals surface area contributed by atoms with Crippen LogP contribution in [0.4, 0.5) is 22.9 Å². The normalized spacial score (nSPS) is 10.6. The SMILES string of the molecule is S=C(Nc1cccc(Cl)c1)Nc1ccc2ncnc(Nc3cccc(Br)c3)c2c1. The van der Waals surface area contributed by atoms with Crippen LogP contribution in [0.1, 0.15) is 0 Å². The molecule has 4 rings (SSSR count). The van der Waals surface area contributed by atoms with Crippen LogP contribution in [-0.4, -0.2) is 15.1 Å². The van der Waals surface area contributed by atoms with Crippen LogP contribution in [0.3, 0.4) is 0 Å². The molecule has 0 saturated heterocycles. The summed E-state index contributed by atoms with van der Waals surface area (Å²) in [6, 6.07) is 21.1. The first-order valence-electron chi connectivity index (χ1n) is 8.68. The number of halogens is 2. The molecule has 3 aromatic carbocycles. The Hall–Kier alpha value is -2.74. The van der Waals surface area contributed by atoms with Gasteiger partial charge >= 0.3 is 0 Å². The van der Waals surface area contributed by atoms with E-state index in [1.807, 2.05) is 66.7 Å². The van der Waals surface area contributed by atoms with Gasteiger partial charge in [-0.05, 0) is 66.8 Å². The molecule has 0 spiro atoms. The van der Waals surface area contributed by atoms with Crippen molar-refractivity contribution in [1.82, 2.24) is 9.97 Å². The van der Waals surface area contributed by atoms with E-state index in [4.69, 9.17) is 23.8 Å². The lowest BCUT2D eigenvalue weighted by Gasteiger charge is -2.13. The highest BCUT2D eigenvalue weighted by Gasteiger charge is 2.07. The highest BCUT2D eigenvalue weighted by Crippen LogP contribution is 2.27. The van der Waals surface area contributed by atoms with Gasteiger partial charge in [0.25, 0.3) is 0 Å². The van der Waals surface area contributed by atoms with Gasteiger partial charge in [0.1, 0.15) is 12.1 Å². The zero-order valence-electron chi connectivity index (χ0n) is 15.0. The van der Waals surface area contributed by atoms with Gasteiger partial charge in [-0.2, -0.15) is 0 Å². The van der Waals surface area contributed by atoms with E-state index in [0.29, 0.717) is 16.0 Å². The number of fused-ring (bicyclic) bond motifs is 1. The Morgan fingerprint density at radius 3 is 2.41 bits per heavy atom. The molecular formula is C21H15BrClN5S. The quantitative estimate of drug-likeness (QED) is 0.284. The molecule has 0 atom stereocenters. The van der Waals surface area contributed by atoms with Crippen molar-refractivity contribution in [3.8, 4) is 0 Å². The molecule has 1 aromatic heterocycles. The highest BCUT2D eigenvalue weighted by molar-refractivity contribution is 9.10. The molecule has 0 amide bonds. The number of anilines is 4. The van der Waals surface area contributed by atoms with E-state index in [9.17, 15) is 0 Å². The van der Waals surface area contributed by atoms with Gasteiger partial charge in [0, 0.05) is 31.9 Å². The number of aromatic nitrogens is 2. The first-order valence-corrected chi connectivity index (χ1v) is 10.3. The fourth-order valence-electron chi connectivity index (χ4n) is 2.80. The minimum Gasteiger partial charge on any atom is -0.340 e. The Morgan fingerprint density at radius 2 is 1.62 bits per heavy atom. The van der Waals surface area contributed by atoms with Crippen LogP contribution >= 0.6 is 39.7 Å². The van der Waals surface area contributed by atoms with Gasteiger partial charge in [-0.15, -0.1) is 0 Å². The Balaban J connectivity index is 1.57. The number of nitrogens with one attached hydrogen (secondary N) is 3. The van der Waals surface area contributed by atoms with Crippen LogP contribution in [0.15, 0.2) is 77.5 Å². The summed E-state index contributed by atoms with van der Waals surface area (Å²) >= 11 is 14.9. The molecule has 5 nitrogen and oxygen atoms in total. The molecular weight excluding hydrogens is 470 g/mol. The summed E-state index contributed by atoms with van der Waals surface area (Å²) in [6.07, 6.45) is 1.54. The van der Waals surface area contributed by atoms with Crippen LogP contribution in [0.2, 0.25) is 5.02 Å². The topological polar surface area (TPSA) is 61.9 Å². The first kappa shape index (κ1) is 19.6. The van der Waals surface area contributed by atoms with Crippen molar-refractivity contribution in [2.24, 2.45) is 0 Å². The van der Waals surface area contributed by atoms with Crippen LogP contribution in [0.5, 0.6) is 0 Å². The predicted octanol–water partition coefficient (Wildman–Crippen LogP) is 6.60. The largest absolute Gasteiger partial charge is 0.340 e. The minimum absolute atomic E-state index is 0.463. The van der Waals surface area contributed by atoms with Crippen molar-refractivity contribution >= 4 is 78.6 Å². The second-order valence-electron chi connectivity index (χ2n) is 6.18. The van der Waals surface area contributed by atoms with Crippen molar-refractivity contribution in [1.29, 1.82) is 0 Å². The zero-order chi connectivity index (χ0) is 20.2. The molecule has 0 aliphatic carbocycles. The fourth-order valence-corrected chi connectivity index (χ4v) is 3.62. The lowest BCUT2D eigenvalue weighted by molar-refractivity contribution is 1.22. The Kier molecular flexibility index (Phi) is 5.89. The summed E-state index contributed by atoms with van der Waals surface area (Å²) in [5.41, 5.74) is 3.40. The standard InChI is InChI=1S/C21H15BrClN5S/c22-13-3-1-5-15(9-13)26-20-18-11-17(7-8-19(18)24-12-25-20)28-21(29)27-16-6-2-4-14(23)10-16/h1-12H,(H,24,25,26)(H2,27,28,29). The van der Waals surface area contributed by atoms with Crippen molar-refractivity contribution in [3.63, 3.8) is 0 Å². The molecule has 0 fully saturated rings. The number of hydrogen-bond donors (Lipinski definition) is 3. The van der Waals surface area contributed by atoms with Gasteiger partial charge < -0.3 is 16.0 Å². The first-order chi connectivity index (χ1) is 14.1. The van der Waals surface area contributed by atoms with Gasteiger partial charge in [-0.1, -0.05) is 39.7 Å². The van der Waals surface area contributed by atoms with E-state index in [1.165, 1.54) is 0 Å². The molecule has 0 aliphatic heterocycles. The molecule has 0 unspecified atom stereocenters. The summed E-state index contributed by atoms with van der Waals surface area (Å²) in [5.74, 6) is 0.713. The van der Waals surface area contributed by atoms with Gasteiger partial charge in [0.2, 0.25) is 0 Å². The average Bonchev–Trinajstić information content (AvgIpc) is 2.68. The van der Waals surface area contributed by atoms with E-state index in [-0.39, 0.29) is 0 Å². The number of benzene rings is 3. The van der Waals surface area contributed by atoms with Gasteiger partial charge in [0.05, 0.1) is 5.52 Å². The monoisotopic (exact) mass is 483 g/mol. The summed E-state index contributed by atoms with van der Waals surface area (Å²) in [6.45, 7) is 0. The van der Waals surface area contributed by atoms with Crippen molar-refractivity contribution in [2.45, 2.75) is 0 Å². The molecule has 29 heavy (non-hydrogen) atoms. The van der Waals surface area contributed by atoms with E-state index in [1.54, 1.807) is 6.33 Å². The van der Waals surface area contributed by atoms with E-state index in [2.05, 4.69) is 41.8 Å². The Labute approximate surface area is 186 Å². The minimum atomic E-state index is 0.463. The third-order valence-electron chi connectivity index (χ3n) is 4.06. The molecule has 0 bridgehead atoms. The molecule has 1 heterocycles. The molecule has 8 heteroatoms. The number of hydrogen-bond acceptors (Lipinski definition) is 4. The molecule has 0 aliphatic rings. The molecule has 144 valence electrons. The molecule has 3 N–H and O–H groups in total. The van der Waals surface area contributed by atoms with Crippen molar-refractivity contribution < 1.29 is 0 Å². The predicted molar refractivity (Wildman–Crippen MR) is 128 cm³/mol.